The summed E-state index contributed by atoms with van der Waals surface area (Å²) >= 11 is 0. The minimum Gasteiger partial charge on any atom is -0.508 e. The van der Waals surface area contributed by atoms with Crippen LogP contribution in [0.2, 0.25) is 0 Å². The third kappa shape index (κ3) is 3.35. The molecule has 4 heteroatoms. The standard InChI is InChI=1S/C13H20N2O2/c1-15-7-6-10(8-15)13(14)9-17-12-4-2-11(16)3-5-12/h2-5,10,13,16H,6-9,14H2,1H3. The Hall–Kier alpha value is -1.26. The summed E-state index contributed by atoms with van der Waals surface area (Å²) in [7, 11) is 2.12. The van der Waals surface area contributed by atoms with Gasteiger partial charge in [-0.25, -0.2) is 0 Å². The van der Waals surface area contributed by atoms with Gasteiger partial charge in [0.25, 0.3) is 0 Å². The van der Waals surface area contributed by atoms with Gasteiger partial charge in [0.2, 0.25) is 0 Å². The average Bonchev–Trinajstić information content (AvgIpc) is 2.75. The molecule has 4 nitrogen and oxygen atoms in total. The second-order valence-corrected chi connectivity index (χ2v) is 4.78. The number of aromatic hydroxyl groups is 1. The van der Waals surface area contributed by atoms with Crippen LogP contribution in [0, 0.1) is 5.92 Å². The zero-order valence-electron chi connectivity index (χ0n) is 10.2. The normalized spacial score (nSPS) is 22.6. The lowest BCUT2D eigenvalue weighted by Crippen LogP contribution is -2.37. The van der Waals surface area contributed by atoms with Gasteiger partial charge in [-0.3, -0.25) is 0 Å². The Balaban J connectivity index is 1.79. The van der Waals surface area contributed by atoms with Crippen molar-refractivity contribution in [3.8, 4) is 11.5 Å². The van der Waals surface area contributed by atoms with E-state index in [1.165, 1.54) is 0 Å². The second-order valence-electron chi connectivity index (χ2n) is 4.78. The number of phenols is 1. The zero-order chi connectivity index (χ0) is 12.3. The molecule has 17 heavy (non-hydrogen) atoms. The highest BCUT2D eigenvalue weighted by molar-refractivity contribution is 5.30. The quantitative estimate of drug-likeness (QED) is 0.820. The van der Waals surface area contributed by atoms with Gasteiger partial charge in [-0.1, -0.05) is 0 Å². The molecular weight excluding hydrogens is 216 g/mol. The molecule has 1 aliphatic heterocycles. The van der Waals surface area contributed by atoms with Crippen LogP contribution in [0.15, 0.2) is 24.3 Å². The monoisotopic (exact) mass is 236 g/mol. The third-order valence-electron chi connectivity index (χ3n) is 3.31. The van der Waals surface area contributed by atoms with Gasteiger partial charge in [-0.15, -0.1) is 0 Å². The average molecular weight is 236 g/mol. The predicted molar refractivity (Wildman–Crippen MR) is 67.2 cm³/mol. The molecule has 0 radical (unpaired) electrons. The molecule has 1 aromatic rings. The molecule has 1 saturated heterocycles. The molecule has 94 valence electrons. The first kappa shape index (κ1) is 12.2. The largest absolute Gasteiger partial charge is 0.508 e. The van der Waals surface area contributed by atoms with E-state index in [0.717, 1.165) is 25.3 Å². The van der Waals surface area contributed by atoms with Crippen LogP contribution in [0.25, 0.3) is 0 Å². The molecule has 0 aromatic heterocycles. The molecule has 2 rings (SSSR count). The van der Waals surface area contributed by atoms with Crippen LogP contribution in [0.5, 0.6) is 11.5 Å². The lowest BCUT2D eigenvalue weighted by molar-refractivity contribution is 0.245. The van der Waals surface area contributed by atoms with Crippen molar-refractivity contribution < 1.29 is 9.84 Å². The molecule has 0 aliphatic carbocycles. The number of phenolic OH excluding ortho intramolecular Hbond substituents is 1. The Kier molecular flexibility index (Phi) is 3.86. The maximum absolute atomic E-state index is 9.15. The first-order valence-electron chi connectivity index (χ1n) is 6.01. The number of benzene rings is 1. The highest BCUT2D eigenvalue weighted by atomic mass is 16.5. The van der Waals surface area contributed by atoms with Gasteiger partial charge in [0.1, 0.15) is 18.1 Å². The van der Waals surface area contributed by atoms with Crippen LogP contribution in [0.3, 0.4) is 0 Å². The van der Waals surface area contributed by atoms with E-state index in [4.69, 9.17) is 15.6 Å². The van der Waals surface area contributed by atoms with Gasteiger partial charge >= 0.3 is 0 Å². The Labute approximate surface area is 102 Å². The summed E-state index contributed by atoms with van der Waals surface area (Å²) in [4.78, 5) is 2.30. The summed E-state index contributed by atoms with van der Waals surface area (Å²) in [6.07, 6.45) is 1.15. The van der Waals surface area contributed by atoms with Gasteiger partial charge in [0.15, 0.2) is 0 Å². The van der Waals surface area contributed by atoms with E-state index < -0.39 is 0 Å². The summed E-state index contributed by atoms with van der Waals surface area (Å²) in [6.45, 7) is 2.71. The van der Waals surface area contributed by atoms with Gasteiger partial charge in [-0.05, 0) is 50.2 Å². The Morgan fingerprint density at radius 2 is 2.18 bits per heavy atom. The molecule has 1 aliphatic rings. The summed E-state index contributed by atoms with van der Waals surface area (Å²) in [5.74, 6) is 1.53. The highest BCUT2D eigenvalue weighted by Gasteiger charge is 2.25. The topological polar surface area (TPSA) is 58.7 Å². The molecule has 2 atom stereocenters. The summed E-state index contributed by atoms with van der Waals surface area (Å²) in [5.41, 5.74) is 6.12. The predicted octanol–water partition coefficient (Wildman–Crippen LogP) is 1.05. The van der Waals surface area contributed by atoms with Gasteiger partial charge in [-0.2, -0.15) is 0 Å². The SMILES string of the molecule is CN1CCC(C(N)COc2ccc(O)cc2)C1. The van der Waals surface area contributed by atoms with Crippen molar-refractivity contribution in [1.29, 1.82) is 0 Å². The van der Waals surface area contributed by atoms with Crippen molar-refractivity contribution >= 4 is 0 Å². The Morgan fingerprint density at radius 1 is 1.47 bits per heavy atom. The number of hydrogen-bond donors (Lipinski definition) is 2. The molecule has 1 fully saturated rings. The van der Waals surface area contributed by atoms with E-state index in [1.54, 1.807) is 24.3 Å². The van der Waals surface area contributed by atoms with Crippen molar-refractivity contribution in [3.05, 3.63) is 24.3 Å². The van der Waals surface area contributed by atoms with Crippen molar-refractivity contribution in [2.45, 2.75) is 12.5 Å². The van der Waals surface area contributed by atoms with Crippen molar-refractivity contribution in [1.82, 2.24) is 4.90 Å². The molecular formula is C13H20N2O2. The van der Waals surface area contributed by atoms with Gasteiger partial charge < -0.3 is 20.5 Å². The van der Waals surface area contributed by atoms with E-state index >= 15 is 0 Å². The zero-order valence-corrected chi connectivity index (χ0v) is 10.2. The molecule has 0 amide bonds. The summed E-state index contributed by atoms with van der Waals surface area (Å²) in [5, 5.41) is 9.15. The molecule has 0 bridgehead atoms. The van der Waals surface area contributed by atoms with Crippen LogP contribution in [-0.2, 0) is 0 Å². The van der Waals surface area contributed by atoms with E-state index in [9.17, 15) is 0 Å². The number of rotatable bonds is 4. The molecule has 1 heterocycles. The van der Waals surface area contributed by atoms with Gasteiger partial charge in [0.05, 0.1) is 0 Å². The lowest BCUT2D eigenvalue weighted by Gasteiger charge is -2.19. The molecule has 0 spiro atoms. The first-order valence-corrected chi connectivity index (χ1v) is 6.01. The second kappa shape index (κ2) is 5.38. The highest BCUT2D eigenvalue weighted by Crippen LogP contribution is 2.19. The summed E-state index contributed by atoms with van der Waals surface area (Å²) < 4.78 is 5.62. The van der Waals surface area contributed by atoms with E-state index in [-0.39, 0.29) is 11.8 Å². The lowest BCUT2D eigenvalue weighted by atomic mass is 10.0. The molecule has 0 saturated carbocycles. The van der Waals surface area contributed by atoms with E-state index in [2.05, 4.69) is 11.9 Å². The number of nitrogens with zero attached hydrogens (tertiary/aromatic N) is 1. The van der Waals surface area contributed by atoms with Crippen molar-refractivity contribution in [2.24, 2.45) is 11.7 Å². The van der Waals surface area contributed by atoms with Crippen LogP contribution >= 0.6 is 0 Å². The fourth-order valence-electron chi connectivity index (χ4n) is 2.19. The fraction of sp³-hybridized carbons (Fsp3) is 0.538. The number of likely N-dealkylation sites (tertiary alicyclic amines) is 1. The van der Waals surface area contributed by atoms with Crippen LogP contribution in [-0.4, -0.2) is 42.8 Å². The maximum Gasteiger partial charge on any atom is 0.119 e. The van der Waals surface area contributed by atoms with Crippen molar-refractivity contribution in [3.63, 3.8) is 0 Å². The molecule has 3 N–H and O–H groups in total. The summed E-state index contributed by atoms with van der Waals surface area (Å²) in [6, 6.07) is 6.81. The minimum atomic E-state index is 0.0775. The Bertz CT molecular complexity index is 353. The van der Waals surface area contributed by atoms with Crippen LogP contribution < -0.4 is 10.5 Å². The van der Waals surface area contributed by atoms with Crippen molar-refractivity contribution in [2.75, 3.05) is 26.7 Å². The van der Waals surface area contributed by atoms with Crippen LogP contribution in [0.1, 0.15) is 6.42 Å². The van der Waals surface area contributed by atoms with Crippen LogP contribution in [0.4, 0.5) is 0 Å². The third-order valence-corrected chi connectivity index (χ3v) is 3.31. The maximum atomic E-state index is 9.15. The van der Waals surface area contributed by atoms with Gasteiger partial charge in [0, 0.05) is 12.6 Å². The number of ether oxygens (including phenoxy) is 1. The van der Waals surface area contributed by atoms with E-state index in [0.29, 0.717) is 12.5 Å². The molecule has 1 aromatic carbocycles. The first-order chi connectivity index (χ1) is 8.15. The number of nitrogens with two attached hydrogens (primary N) is 1. The van der Waals surface area contributed by atoms with E-state index in [1.807, 2.05) is 0 Å². The smallest absolute Gasteiger partial charge is 0.119 e. The fourth-order valence-corrected chi connectivity index (χ4v) is 2.19. The molecule has 2 unspecified atom stereocenters. The Morgan fingerprint density at radius 3 is 2.76 bits per heavy atom. The minimum absolute atomic E-state index is 0.0775. The number of hydrogen-bond acceptors (Lipinski definition) is 4.